The maximum atomic E-state index is 4.11. The predicted octanol–water partition coefficient (Wildman–Crippen LogP) is 2.88. The fraction of sp³-hybridized carbons (Fsp3) is 0.667. The molecule has 1 nitrogen and oxygen atoms in total. The quantitative estimate of drug-likeness (QED) is 0.533. The van der Waals surface area contributed by atoms with Crippen LogP contribution in [-0.2, 0) is 0 Å². The highest BCUT2D eigenvalue weighted by molar-refractivity contribution is 5.60. The molecule has 0 aromatic heterocycles. The van der Waals surface area contributed by atoms with Crippen molar-refractivity contribution in [3.8, 4) is 0 Å². The van der Waals surface area contributed by atoms with E-state index in [0.717, 1.165) is 0 Å². The second-order valence-electron chi connectivity index (χ2n) is 3.13. The first kappa shape index (κ1) is 9.41. The topological polar surface area (TPSA) is 12.4 Å². The number of nitrogens with zero attached hydrogens (tertiary/aromatic N) is 1. The Balaban J connectivity index is 3.52. The predicted molar refractivity (Wildman–Crippen MR) is 47.3 cm³/mol. The van der Waals surface area contributed by atoms with Gasteiger partial charge in [0, 0.05) is 12.4 Å². The lowest BCUT2D eigenvalue weighted by molar-refractivity contribution is 0.828. The van der Waals surface area contributed by atoms with Crippen LogP contribution in [0, 0.1) is 11.8 Å². The highest BCUT2D eigenvalue weighted by Gasteiger charge is 1.82. The molecule has 1 heteroatoms. The van der Waals surface area contributed by atoms with Gasteiger partial charge in [0.2, 0.25) is 0 Å². The van der Waals surface area contributed by atoms with Crippen LogP contribution in [0.5, 0.6) is 0 Å². The molecule has 0 amide bonds. The van der Waals surface area contributed by atoms with Gasteiger partial charge < -0.3 is 0 Å². The molecule has 0 atom stereocenters. The van der Waals surface area contributed by atoms with Crippen LogP contribution in [0.25, 0.3) is 0 Å². The van der Waals surface area contributed by atoms with Crippen LogP contribution in [0.4, 0.5) is 0 Å². The van der Waals surface area contributed by atoms with Gasteiger partial charge >= 0.3 is 0 Å². The van der Waals surface area contributed by atoms with E-state index in [4.69, 9.17) is 0 Å². The highest BCUT2D eigenvalue weighted by atomic mass is 14.7. The Bertz CT molecular complexity index is 105. The summed E-state index contributed by atoms with van der Waals surface area (Å²) in [6.45, 7) is 8.52. The van der Waals surface area contributed by atoms with Gasteiger partial charge in [0.15, 0.2) is 0 Å². The summed E-state index contributed by atoms with van der Waals surface area (Å²) in [5, 5.41) is 0. The van der Waals surface area contributed by atoms with Gasteiger partial charge in [-0.1, -0.05) is 33.8 Å². The molecular weight excluding hydrogens is 122 g/mol. The average Bonchev–Trinajstić information content (AvgIpc) is 1.79. The lowest BCUT2D eigenvalue weighted by Gasteiger charge is -1.91. The van der Waals surface area contributed by atoms with Crippen LogP contribution in [0.2, 0.25) is 0 Å². The Hall–Kier alpha value is -0.590. The van der Waals surface area contributed by atoms with Crippen LogP contribution in [0.3, 0.4) is 0 Å². The first-order chi connectivity index (χ1) is 4.63. The molecule has 0 bridgehead atoms. The van der Waals surface area contributed by atoms with E-state index >= 15 is 0 Å². The van der Waals surface area contributed by atoms with Gasteiger partial charge in [-0.3, -0.25) is 4.99 Å². The van der Waals surface area contributed by atoms with E-state index in [9.17, 15) is 0 Å². The Morgan fingerprint density at radius 2 is 1.60 bits per heavy atom. The number of aliphatic imine (C=N–C) groups is 1. The third-order valence-corrected chi connectivity index (χ3v) is 0.941. The van der Waals surface area contributed by atoms with Gasteiger partial charge in [0.05, 0.1) is 0 Å². The maximum Gasteiger partial charge on any atom is 0.0226 e. The molecule has 10 heavy (non-hydrogen) atoms. The first-order valence-corrected chi connectivity index (χ1v) is 3.83. The molecule has 0 aliphatic heterocycles. The summed E-state index contributed by atoms with van der Waals surface area (Å²) >= 11 is 0. The molecule has 0 fully saturated rings. The molecular formula is C9H17N. The molecule has 0 heterocycles. The minimum Gasteiger partial charge on any atom is -0.269 e. The lowest BCUT2D eigenvalue weighted by Crippen LogP contribution is -1.85. The molecule has 0 saturated carbocycles. The van der Waals surface area contributed by atoms with Crippen molar-refractivity contribution in [2.75, 3.05) is 0 Å². The van der Waals surface area contributed by atoms with Crippen LogP contribution in [0.15, 0.2) is 17.3 Å². The zero-order valence-corrected chi connectivity index (χ0v) is 7.33. The Morgan fingerprint density at radius 3 is 2.00 bits per heavy atom. The van der Waals surface area contributed by atoms with Gasteiger partial charge in [0.25, 0.3) is 0 Å². The van der Waals surface area contributed by atoms with Crippen molar-refractivity contribution in [3.63, 3.8) is 0 Å². The normalized spacial score (nSPS) is 13.0. The first-order valence-electron chi connectivity index (χ1n) is 3.83. The number of hydrogen-bond donors (Lipinski definition) is 0. The van der Waals surface area contributed by atoms with E-state index in [0.29, 0.717) is 11.8 Å². The number of allylic oxidation sites excluding steroid dienone is 1. The second kappa shape index (κ2) is 5.21. The van der Waals surface area contributed by atoms with Gasteiger partial charge in [-0.25, -0.2) is 0 Å². The Morgan fingerprint density at radius 1 is 1.00 bits per heavy atom. The molecule has 0 aromatic rings. The van der Waals surface area contributed by atoms with Gasteiger partial charge in [-0.2, -0.15) is 0 Å². The molecule has 0 aromatic carbocycles. The van der Waals surface area contributed by atoms with Crippen molar-refractivity contribution >= 4 is 6.21 Å². The fourth-order valence-corrected chi connectivity index (χ4v) is 0.444. The molecule has 0 unspecified atom stereocenters. The fourth-order valence-electron chi connectivity index (χ4n) is 0.444. The van der Waals surface area contributed by atoms with Crippen molar-refractivity contribution in [1.82, 2.24) is 0 Å². The summed E-state index contributed by atoms with van der Waals surface area (Å²) in [5.74, 6) is 1.15. The smallest absolute Gasteiger partial charge is 0.0226 e. The largest absolute Gasteiger partial charge is 0.269 e. The van der Waals surface area contributed by atoms with E-state index in [1.54, 1.807) is 0 Å². The Labute approximate surface area is 63.9 Å². The van der Waals surface area contributed by atoms with Gasteiger partial charge in [-0.15, -0.1) is 0 Å². The third kappa shape index (κ3) is 7.41. The SMILES string of the molecule is CC(C)/C=C\N=C/C(C)C. The molecule has 0 spiro atoms. The zero-order valence-electron chi connectivity index (χ0n) is 7.33. The monoisotopic (exact) mass is 139 g/mol. The summed E-state index contributed by atoms with van der Waals surface area (Å²) in [5.41, 5.74) is 0. The van der Waals surface area contributed by atoms with Crippen molar-refractivity contribution < 1.29 is 0 Å². The van der Waals surface area contributed by atoms with Crippen molar-refractivity contribution in [1.29, 1.82) is 0 Å². The van der Waals surface area contributed by atoms with E-state index in [2.05, 4.69) is 38.8 Å². The van der Waals surface area contributed by atoms with Gasteiger partial charge in [-0.05, 0) is 11.8 Å². The van der Waals surface area contributed by atoms with E-state index in [1.807, 2.05) is 12.4 Å². The number of hydrogen-bond acceptors (Lipinski definition) is 1. The van der Waals surface area contributed by atoms with Crippen LogP contribution in [0.1, 0.15) is 27.7 Å². The van der Waals surface area contributed by atoms with E-state index in [1.165, 1.54) is 0 Å². The van der Waals surface area contributed by atoms with Crippen LogP contribution < -0.4 is 0 Å². The van der Waals surface area contributed by atoms with E-state index < -0.39 is 0 Å². The Kier molecular flexibility index (Phi) is 4.91. The minimum atomic E-state index is 0.553. The summed E-state index contributed by atoms with van der Waals surface area (Å²) in [4.78, 5) is 4.11. The third-order valence-electron chi connectivity index (χ3n) is 0.941. The molecule has 0 aliphatic rings. The summed E-state index contributed by atoms with van der Waals surface area (Å²) < 4.78 is 0. The van der Waals surface area contributed by atoms with Crippen LogP contribution >= 0.6 is 0 Å². The molecule has 0 aliphatic carbocycles. The highest BCUT2D eigenvalue weighted by Crippen LogP contribution is 1.93. The standard InChI is InChI=1S/C9H17N/c1-8(2)5-6-10-7-9(3)4/h5-9H,1-4H3/b6-5-,10-7-. The van der Waals surface area contributed by atoms with Crippen LogP contribution in [-0.4, -0.2) is 6.21 Å². The molecule has 0 rings (SSSR count). The van der Waals surface area contributed by atoms with Gasteiger partial charge in [0.1, 0.15) is 0 Å². The molecule has 58 valence electrons. The summed E-state index contributed by atoms with van der Waals surface area (Å²) in [6.07, 6.45) is 5.89. The average molecular weight is 139 g/mol. The van der Waals surface area contributed by atoms with E-state index in [-0.39, 0.29) is 0 Å². The second-order valence-corrected chi connectivity index (χ2v) is 3.13. The lowest BCUT2D eigenvalue weighted by atomic mass is 10.2. The molecule has 0 radical (unpaired) electrons. The summed E-state index contributed by atoms with van der Waals surface area (Å²) in [6, 6.07) is 0. The number of rotatable bonds is 3. The van der Waals surface area contributed by atoms with Crippen molar-refractivity contribution in [2.24, 2.45) is 16.8 Å². The van der Waals surface area contributed by atoms with Crippen molar-refractivity contribution in [2.45, 2.75) is 27.7 Å². The minimum absolute atomic E-state index is 0.553. The summed E-state index contributed by atoms with van der Waals surface area (Å²) in [7, 11) is 0. The molecule has 0 saturated heterocycles. The zero-order chi connectivity index (χ0) is 7.98. The van der Waals surface area contributed by atoms with Crippen molar-refractivity contribution in [3.05, 3.63) is 12.3 Å². The maximum absolute atomic E-state index is 4.11. The molecule has 0 N–H and O–H groups in total.